The van der Waals surface area contributed by atoms with E-state index < -0.39 is 5.92 Å². The Morgan fingerprint density at radius 1 is 1.25 bits per heavy atom. The van der Waals surface area contributed by atoms with Gasteiger partial charge in [0.05, 0.1) is 25.6 Å². The van der Waals surface area contributed by atoms with E-state index in [1.54, 1.807) is 7.11 Å². The summed E-state index contributed by atoms with van der Waals surface area (Å²) in [5.41, 5.74) is 0. The lowest BCUT2D eigenvalue weighted by atomic mass is 9.95. The number of likely N-dealkylation sites (tertiary alicyclic amines) is 1. The zero-order chi connectivity index (χ0) is 15.3. The molecule has 1 rings (SSSR count). The highest BCUT2D eigenvalue weighted by Gasteiger charge is 2.37. The third-order valence-electron chi connectivity index (χ3n) is 4.22. The van der Waals surface area contributed by atoms with E-state index in [0.717, 1.165) is 19.4 Å². The summed E-state index contributed by atoms with van der Waals surface area (Å²) in [4.78, 5) is 26.2. The maximum Gasteiger partial charge on any atom is 0.306 e. The predicted molar refractivity (Wildman–Crippen MR) is 76.2 cm³/mol. The first kappa shape index (κ1) is 17.0. The molecule has 0 N–H and O–H groups in total. The van der Waals surface area contributed by atoms with Crippen LogP contribution in [0.5, 0.6) is 0 Å². The zero-order valence-electron chi connectivity index (χ0n) is 13.2. The van der Waals surface area contributed by atoms with Crippen molar-refractivity contribution in [2.75, 3.05) is 20.8 Å². The maximum absolute atomic E-state index is 12.8. The Morgan fingerprint density at radius 2 is 1.90 bits per heavy atom. The largest absolute Gasteiger partial charge is 0.469 e. The van der Waals surface area contributed by atoms with Crippen LogP contribution in [-0.2, 0) is 19.1 Å². The number of hydrogen-bond acceptors (Lipinski definition) is 4. The molecule has 0 bridgehead atoms. The second-order valence-electron chi connectivity index (χ2n) is 5.81. The lowest BCUT2D eigenvalue weighted by Crippen LogP contribution is -2.45. The Bertz CT molecular complexity index is 343. The summed E-state index contributed by atoms with van der Waals surface area (Å²) in [5, 5.41) is 0. The molecule has 1 fully saturated rings. The summed E-state index contributed by atoms with van der Waals surface area (Å²) in [6, 6.07) is 0.270. The molecule has 0 radical (unpaired) electrons. The molecule has 20 heavy (non-hydrogen) atoms. The molecule has 1 aliphatic rings. The van der Waals surface area contributed by atoms with E-state index in [4.69, 9.17) is 9.47 Å². The summed E-state index contributed by atoms with van der Waals surface area (Å²) in [6.45, 7) is 6.86. The molecule has 0 aromatic heterocycles. The molecule has 3 atom stereocenters. The first-order valence-corrected chi connectivity index (χ1v) is 7.32. The molecule has 5 nitrogen and oxygen atoms in total. The van der Waals surface area contributed by atoms with Crippen LogP contribution in [-0.4, -0.2) is 49.7 Å². The molecule has 116 valence electrons. The minimum atomic E-state index is -0.466. The van der Waals surface area contributed by atoms with Gasteiger partial charge in [-0.05, 0) is 25.7 Å². The van der Waals surface area contributed by atoms with Crippen LogP contribution >= 0.6 is 0 Å². The van der Waals surface area contributed by atoms with Gasteiger partial charge in [0.1, 0.15) is 0 Å². The number of amides is 1. The van der Waals surface area contributed by atoms with Crippen molar-refractivity contribution in [2.45, 2.75) is 52.2 Å². The Labute approximate surface area is 121 Å². The van der Waals surface area contributed by atoms with E-state index in [9.17, 15) is 9.59 Å². The van der Waals surface area contributed by atoms with Crippen molar-refractivity contribution in [3.8, 4) is 0 Å². The minimum Gasteiger partial charge on any atom is -0.469 e. The Hall–Kier alpha value is -1.10. The van der Waals surface area contributed by atoms with Gasteiger partial charge in [-0.1, -0.05) is 13.8 Å². The minimum absolute atomic E-state index is 0.0148. The standard InChI is InChI=1S/C15H27NO4/c1-10(2)13-7-6-8-16(13)15(18)12(11(3)19-4)9-14(17)20-5/h10-13H,6-9H2,1-5H3/t11-,12+,13+/m1/s1. The number of carbonyl (C=O) groups is 2. The van der Waals surface area contributed by atoms with Crippen molar-refractivity contribution in [1.82, 2.24) is 4.90 Å². The van der Waals surface area contributed by atoms with Crippen LogP contribution in [0.1, 0.15) is 40.0 Å². The quantitative estimate of drug-likeness (QED) is 0.699. The van der Waals surface area contributed by atoms with Crippen molar-refractivity contribution >= 4 is 11.9 Å². The summed E-state index contributed by atoms with van der Waals surface area (Å²) < 4.78 is 9.98. The van der Waals surface area contributed by atoms with Gasteiger partial charge in [-0.3, -0.25) is 9.59 Å². The molecular formula is C15H27NO4. The molecule has 5 heteroatoms. The molecule has 1 aliphatic heterocycles. The van der Waals surface area contributed by atoms with Crippen molar-refractivity contribution in [3.63, 3.8) is 0 Å². The monoisotopic (exact) mass is 285 g/mol. The lowest BCUT2D eigenvalue weighted by molar-refractivity contribution is -0.151. The Balaban J connectivity index is 2.84. The van der Waals surface area contributed by atoms with E-state index in [1.165, 1.54) is 7.11 Å². The van der Waals surface area contributed by atoms with Crippen LogP contribution in [0.2, 0.25) is 0 Å². The van der Waals surface area contributed by atoms with Crippen LogP contribution in [0, 0.1) is 11.8 Å². The summed E-state index contributed by atoms with van der Waals surface area (Å²) >= 11 is 0. The van der Waals surface area contributed by atoms with E-state index in [-0.39, 0.29) is 30.4 Å². The van der Waals surface area contributed by atoms with Gasteiger partial charge < -0.3 is 14.4 Å². The van der Waals surface area contributed by atoms with E-state index in [2.05, 4.69) is 13.8 Å². The zero-order valence-corrected chi connectivity index (χ0v) is 13.2. The smallest absolute Gasteiger partial charge is 0.306 e. The van der Waals surface area contributed by atoms with Crippen LogP contribution in [0.3, 0.4) is 0 Å². The fourth-order valence-corrected chi connectivity index (χ4v) is 2.85. The number of hydrogen-bond donors (Lipinski definition) is 0. The molecule has 1 amide bonds. The van der Waals surface area contributed by atoms with Gasteiger partial charge in [-0.25, -0.2) is 0 Å². The number of ether oxygens (including phenoxy) is 2. The Kier molecular flexibility index (Phi) is 6.46. The van der Waals surface area contributed by atoms with Gasteiger partial charge in [0.25, 0.3) is 0 Å². The fraction of sp³-hybridized carbons (Fsp3) is 0.867. The maximum atomic E-state index is 12.8. The van der Waals surface area contributed by atoms with Gasteiger partial charge in [-0.15, -0.1) is 0 Å². The first-order valence-electron chi connectivity index (χ1n) is 7.32. The van der Waals surface area contributed by atoms with Crippen molar-refractivity contribution in [2.24, 2.45) is 11.8 Å². The number of carbonyl (C=O) groups excluding carboxylic acids is 2. The van der Waals surface area contributed by atoms with Crippen molar-refractivity contribution in [1.29, 1.82) is 0 Å². The lowest BCUT2D eigenvalue weighted by Gasteiger charge is -2.32. The second kappa shape index (κ2) is 7.62. The molecule has 1 heterocycles. The highest BCUT2D eigenvalue weighted by atomic mass is 16.5. The summed E-state index contributed by atoms with van der Waals surface area (Å²) in [5.74, 6) is -0.390. The SMILES string of the molecule is COC(=O)C[C@H](C(=O)N1CCC[C@H]1C(C)C)[C@@H](C)OC. The van der Waals surface area contributed by atoms with E-state index in [0.29, 0.717) is 5.92 Å². The van der Waals surface area contributed by atoms with Crippen LogP contribution < -0.4 is 0 Å². The first-order chi connectivity index (χ1) is 9.42. The molecule has 0 saturated carbocycles. The molecule has 0 unspecified atom stereocenters. The molecule has 1 saturated heterocycles. The highest BCUT2D eigenvalue weighted by molar-refractivity contribution is 5.84. The molecule has 0 aromatic carbocycles. The van der Waals surface area contributed by atoms with Crippen molar-refractivity contribution < 1.29 is 19.1 Å². The highest BCUT2D eigenvalue weighted by Crippen LogP contribution is 2.27. The predicted octanol–water partition coefficient (Wildman–Crippen LogP) is 1.85. The second-order valence-corrected chi connectivity index (χ2v) is 5.81. The number of methoxy groups -OCH3 is 2. The molecule has 0 aromatic rings. The third-order valence-corrected chi connectivity index (χ3v) is 4.22. The fourth-order valence-electron chi connectivity index (χ4n) is 2.85. The topological polar surface area (TPSA) is 55.8 Å². The molecule has 0 spiro atoms. The average Bonchev–Trinajstić information content (AvgIpc) is 2.92. The average molecular weight is 285 g/mol. The van der Waals surface area contributed by atoms with E-state index in [1.807, 2.05) is 11.8 Å². The normalized spacial score (nSPS) is 21.9. The van der Waals surface area contributed by atoms with Gasteiger partial charge in [0.2, 0.25) is 5.91 Å². The number of rotatable bonds is 6. The molecular weight excluding hydrogens is 258 g/mol. The molecule has 0 aliphatic carbocycles. The summed E-state index contributed by atoms with van der Waals surface area (Å²) in [6.07, 6.45) is 1.84. The van der Waals surface area contributed by atoms with Gasteiger partial charge >= 0.3 is 5.97 Å². The number of esters is 1. The summed E-state index contributed by atoms with van der Waals surface area (Å²) in [7, 11) is 2.90. The van der Waals surface area contributed by atoms with Gasteiger partial charge in [-0.2, -0.15) is 0 Å². The van der Waals surface area contributed by atoms with Gasteiger partial charge in [0, 0.05) is 19.7 Å². The van der Waals surface area contributed by atoms with Gasteiger partial charge in [0.15, 0.2) is 0 Å². The van der Waals surface area contributed by atoms with Crippen LogP contribution in [0.4, 0.5) is 0 Å². The van der Waals surface area contributed by atoms with Crippen LogP contribution in [0.15, 0.2) is 0 Å². The van der Waals surface area contributed by atoms with Crippen molar-refractivity contribution in [3.05, 3.63) is 0 Å². The number of nitrogens with zero attached hydrogens (tertiary/aromatic N) is 1. The Morgan fingerprint density at radius 3 is 2.40 bits per heavy atom. The van der Waals surface area contributed by atoms with Crippen LogP contribution in [0.25, 0.3) is 0 Å². The third kappa shape index (κ3) is 3.95. The van der Waals surface area contributed by atoms with E-state index >= 15 is 0 Å².